The number of benzene rings is 1. The number of rotatable bonds is 7. The number of amides is 1. The second-order valence-electron chi connectivity index (χ2n) is 8.18. The molecule has 0 spiro atoms. The van der Waals surface area contributed by atoms with Gasteiger partial charge in [-0.25, -0.2) is 12.8 Å². The van der Waals surface area contributed by atoms with Crippen molar-refractivity contribution in [2.24, 2.45) is 0 Å². The summed E-state index contributed by atoms with van der Waals surface area (Å²) in [6, 6.07) is 2.82. The minimum absolute atomic E-state index is 0.0241. The summed E-state index contributed by atoms with van der Waals surface area (Å²) in [7, 11) is -4.05. The van der Waals surface area contributed by atoms with E-state index >= 15 is 0 Å². The molecule has 7 nitrogen and oxygen atoms in total. The van der Waals surface area contributed by atoms with E-state index < -0.39 is 27.3 Å². The number of carbonyl (C=O) groups is 2. The lowest BCUT2D eigenvalue weighted by molar-refractivity contribution is -0.116. The van der Waals surface area contributed by atoms with Crippen LogP contribution in [0.4, 0.5) is 4.39 Å². The van der Waals surface area contributed by atoms with Crippen molar-refractivity contribution in [3.05, 3.63) is 46.5 Å². The molecule has 1 aromatic carbocycles. The van der Waals surface area contributed by atoms with Crippen molar-refractivity contribution < 1.29 is 22.4 Å². The van der Waals surface area contributed by atoms with E-state index in [2.05, 4.69) is 10.4 Å². The molecule has 1 aliphatic rings. The van der Waals surface area contributed by atoms with Gasteiger partial charge < -0.3 is 5.32 Å². The van der Waals surface area contributed by atoms with E-state index in [1.807, 2.05) is 27.7 Å². The summed E-state index contributed by atoms with van der Waals surface area (Å²) in [4.78, 5) is 24.7. The van der Waals surface area contributed by atoms with Gasteiger partial charge in [0.2, 0.25) is 0 Å². The van der Waals surface area contributed by atoms with Gasteiger partial charge in [-0.3, -0.25) is 14.3 Å². The molecule has 1 amide bonds. The maximum Gasteiger partial charge on any atom is 0.270 e. The van der Waals surface area contributed by atoms with Gasteiger partial charge in [-0.15, -0.1) is 0 Å². The molecule has 0 radical (unpaired) electrons. The fourth-order valence-corrected chi connectivity index (χ4v) is 5.19. The van der Waals surface area contributed by atoms with E-state index in [1.165, 1.54) is 16.8 Å². The second kappa shape index (κ2) is 8.29. The maximum absolute atomic E-state index is 14.1. The molecule has 3 rings (SSSR count). The van der Waals surface area contributed by atoms with Crippen LogP contribution >= 0.6 is 0 Å². The summed E-state index contributed by atoms with van der Waals surface area (Å²) >= 11 is 0. The molecule has 0 atom stereocenters. The van der Waals surface area contributed by atoms with E-state index in [0.29, 0.717) is 29.8 Å². The van der Waals surface area contributed by atoms with Crippen LogP contribution < -0.4 is 5.32 Å². The minimum Gasteiger partial charge on any atom is -0.349 e. The number of hydrogen-bond acceptors (Lipinski definition) is 5. The van der Waals surface area contributed by atoms with Crippen LogP contribution in [-0.2, 0) is 27.6 Å². The number of Topliss-reactive ketones (excluding diaryl/α,β-unsaturated/α-hetero) is 1. The Labute approximate surface area is 175 Å². The standard InChI is InChI=1S/C21H26FN3O4S/c1-12(2)16-7-14(22)8-17(13(3)4)18(16)9-15(26)11-30(28,29)19-10-24-25-6-5-23-21(27)20(19)25/h7-8,10,12-13H,5-6,9,11H2,1-4H3,(H,23,27). The first-order valence-electron chi connectivity index (χ1n) is 9.92. The van der Waals surface area contributed by atoms with E-state index in [1.54, 1.807) is 0 Å². The highest BCUT2D eigenvalue weighted by Crippen LogP contribution is 2.30. The first kappa shape index (κ1) is 22.1. The van der Waals surface area contributed by atoms with Crippen molar-refractivity contribution in [1.82, 2.24) is 15.1 Å². The summed E-state index contributed by atoms with van der Waals surface area (Å²) < 4.78 is 41.2. The molecule has 30 heavy (non-hydrogen) atoms. The van der Waals surface area contributed by atoms with Gasteiger partial charge in [0.05, 0.1) is 12.7 Å². The van der Waals surface area contributed by atoms with Gasteiger partial charge in [-0.1, -0.05) is 27.7 Å². The fraction of sp³-hybridized carbons (Fsp3) is 0.476. The lowest BCUT2D eigenvalue weighted by Gasteiger charge is -2.20. The number of hydrogen-bond donors (Lipinski definition) is 1. The van der Waals surface area contributed by atoms with Crippen LogP contribution in [0.5, 0.6) is 0 Å². The van der Waals surface area contributed by atoms with E-state index in [-0.39, 0.29) is 34.7 Å². The van der Waals surface area contributed by atoms with Crippen molar-refractivity contribution in [2.75, 3.05) is 12.3 Å². The Morgan fingerprint density at radius 2 is 1.80 bits per heavy atom. The molecule has 1 N–H and O–H groups in total. The molecule has 1 aromatic heterocycles. The Bertz CT molecular complexity index is 1070. The van der Waals surface area contributed by atoms with Gasteiger partial charge in [-0.05, 0) is 40.7 Å². The molecular formula is C21H26FN3O4S. The number of ketones is 1. The number of nitrogens with one attached hydrogen (secondary N) is 1. The minimum atomic E-state index is -4.05. The fourth-order valence-electron chi connectivity index (χ4n) is 3.81. The van der Waals surface area contributed by atoms with Crippen molar-refractivity contribution in [3.8, 4) is 0 Å². The average molecular weight is 436 g/mol. The zero-order valence-electron chi connectivity index (χ0n) is 17.5. The van der Waals surface area contributed by atoms with E-state index in [0.717, 1.165) is 6.20 Å². The van der Waals surface area contributed by atoms with Crippen LogP contribution in [0.2, 0.25) is 0 Å². The lowest BCUT2D eigenvalue weighted by atomic mass is 9.86. The Hall–Kier alpha value is -2.55. The van der Waals surface area contributed by atoms with Gasteiger partial charge in [0, 0.05) is 13.0 Å². The second-order valence-corrected chi connectivity index (χ2v) is 10.1. The largest absolute Gasteiger partial charge is 0.349 e. The third-order valence-electron chi connectivity index (χ3n) is 5.22. The highest BCUT2D eigenvalue weighted by molar-refractivity contribution is 7.92. The summed E-state index contributed by atoms with van der Waals surface area (Å²) in [6.45, 7) is 8.35. The molecule has 1 aliphatic heterocycles. The van der Waals surface area contributed by atoms with Crippen molar-refractivity contribution in [3.63, 3.8) is 0 Å². The number of carbonyl (C=O) groups excluding carboxylic acids is 2. The quantitative estimate of drug-likeness (QED) is 0.721. The van der Waals surface area contributed by atoms with Gasteiger partial charge in [0.1, 0.15) is 22.2 Å². The van der Waals surface area contributed by atoms with Gasteiger partial charge >= 0.3 is 0 Å². The topological polar surface area (TPSA) is 98.1 Å². The smallest absolute Gasteiger partial charge is 0.270 e. The predicted molar refractivity (Wildman–Crippen MR) is 110 cm³/mol. The molecule has 0 bridgehead atoms. The Morgan fingerprint density at radius 3 is 2.37 bits per heavy atom. The van der Waals surface area contributed by atoms with Crippen LogP contribution in [0, 0.1) is 5.82 Å². The van der Waals surface area contributed by atoms with Crippen molar-refractivity contribution in [2.45, 2.75) is 57.4 Å². The van der Waals surface area contributed by atoms with Crippen LogP contribution in [0.1, 0.15) is 66.7 Å². The number of sulfone groups is 1. The third kappa shape index (κ3) is 4.30. The van der Waals surface area contributed by atoms with Crippen LogP contribution in [0.3, 0.4) is 0 Å². The molecule has 2 aromatic rings. The number of aromatic nitrogens is 2. The molecule has 0 saturated heterocycles. The van der Waals surface area contributed by atoms with Crippen LogP contribution in [0.15, 0.2) is 23.2 Å². The Kier molecular flexibility index (Phi) is 6.12. The first-order chi connectivity index (χ1) is 14.0. The van der Waals surface area contributed by atoms with Gasteiger partial charge in [0.15, 0.2) is 15.6 Å². The van der Waals surface area contributed by atoms with E-state index in [4.69, 9.17) is 0 Å². The zero-order chi connectivity index (χ0) is 22.2. The average Bonchev–Trinajstić information content (AvgIpc) is 3.08. The third-order valence-corrected chi connectivity index (χ3v) is 6.89. The molecule has 162 valence electrons. The summed E-state index contributed by atoms with van der Waals surface area (Å²) in [6.07, 6.45) is 1.01. The molecule has 0 unspecified atom stereocenters. The molecular weight excluding hydrogens is 409 g/mol. The molecule has 0 saturated carbocycles. The highest BCUT2D eigenvalue weighted by atomic mass is 32.2. The Morgan fingerprint density at radius 1 is 1.20 bits per heavy atom. The van der Waals surface area contributed by atoms with E-state index in [9.17, 15) is 22.4 Å². The van der Waals surface area contributed by atoms with Crippen LogP contribution in [-0.4, -0.2) is 42.2 Å². The summed E-state index contributed by atoms with van der Waals surface area (Å²) in [5, 5.41) is 6.56. The normalized spacial score (nSPS) is 14.2. The van der Waals surface area contributed by atoms with Crippen molar-refractivity contribution >= 4 is 21.5 Å². The van der Waals surface area contributed by atoms with Crippen molar-refractivity contribution in [1.29, 1.82) is 0 Å². The number of fused-ring (bicyclic) bond motifs is 1. The summed E-state index contributed by atoms with van der Waals surface area (Å²) in [5.41, 5.74) is 2.04. The van der Waals surface area contributed by atoms with Gasteiger partial charge in [-0.2, -0.15) is 5.10 Å². The summed E-state index contributed by atoms with van der Waals surface area (Å²) in [5.74, 6) is -2.20. The SMILES string of the molecule is CC(C)c1cc(F)cc(C(C)C)c1CC(=O)CS(=O)(=O)c1cnn2c1C(=O)NCC2. The number of halogens is 1. The maximum atomic E-state index is 14.1. The zero-order valence-corrected chi connectivity index (χ0v) is 18.3. The highest BCUT2D eigenvalue weighted by Gasteiger charge is 2.31. The monoisotopic (exact) mass is 435 g/mol. The predicted octanol–water partition coefficient (Wildman–Crippen LogP) is 2.60. The molecule has 0 fully saturated rings. The lowest BCUT2D eigenvalue weighted by Crippen LogP contribution is -2.36. The molecule has 9 heteroatoms. The Balaban J connectivity index is 1.91. The molecule has 2 heterocycles. The van der Waals surface area contributed by atoms with Crippen LogP contribution in [0.25, 0.3) is 0 Å². The number of nitrogens with zero attached hydrogens (tertiary/aromatic N) is 2. The molecule has 0 aliphatic carbocycles. The first-order valence-corrected chi connectivity index (χ1v) is 11.6. The van der Waals surface area contributed by atoms with Gasteiger partial charge in [0.25, 0.3) is 5.91 Å².